The van der Waals surface area contributed by atoms with Crippen molar-refractivity contribution in [2.45, 2.75) is 32.2 Å². The molecule has 0 radical (unpaired) electrons. The Balaban J connectivity index is 2.30. The van der Waals surface area contributed by atoms with E-state index in [1.165, 1.54) is 0 Å². The largest absolute Gasteiger partial charge is 0.481 e. The van der Waals surface area contributed by atoms with Gasteiger partial charge in [-0.15, -0.1) is 0 Å². The highest BCUT2D eigenvalue weighted by atomic mass is 35.5. The second-order valence-electron chi connectivity index (χ2n) is 6.18. The van der Waals surface area contributed by atoms with Crippen LogP contribution in [0, 0.1) is 5.92 Å². The van der Waals surface area contributed by atoms with Crippen molar-refractivity contribution >= 4 is 17.6 Å². The molecule has 1 fully saturated rings. The minimum Gasteiger partial charge on any atom is -0.481 e. The lowest BCUT2D eigenvalue weighted by Gasteiger charge is -2.31. The molecule has 0 amide bonds. The number of rotatable bonds is 2. The molecule has 1 N–H and O–H groups in total. The zero-order valence-electron chi connectivity index (χ0n) is 11.6. The molecular weight excluding hydrogens is 262 g/mol. The predicted molar refractivity (Wildman–Crippen MR) is 76.6 cm³/mol. The van der Waals surface area contributed by atoms with Gasteiger partial charge >= 0.3 is 5.97 Å². The number of halogens is 1. The Hall–Kier alpha value is -1.06. The van der Waals surface area contributed by atoms with Crippen LogP contribution in [0.3, 0.4) is 0 Å². The predicted octanol–water partition coefficient (Wildman–Crippen LogP) is 3.24. The number of likely N-dealkylation sites (tertiary alicyclic amines) is 1. The van der Waals surface area contributed by atoms with E-state index in [4.69, 9.17) is 11.6 Å². The highest BCUT2D eigenvalue weighted by molar-refractivity contribution is 6.30. The molecule has 0 spiro atoms. The zero-order chi connectivity index (χ0) is 14.2. The molecule has 3 nitrogen and oxygen atoms in total. The minimum atomic E-state index is -0.725. The quantitative estimate of drug-likeness (QED) is 0.905. The molecule has 0 unspecified atom stereocenters. The fourth-order valence-corrected chi connectivity index (χ4v) is 2.88. The molecule has 104 valence electrons. The molecule has 0 saturated carbocycles. The Labute approximate surface area is 119 Å². The third-order valence-corrected chi connectivity index (χ3v) is 4.10. The fraction of sp³-hybridized carbons (Fsp3) is 0.533. The SMILES string of the molecule is CC(C)(C)N1C[C@@H](C(=O)O)[C@H](c2cccc(Cl)c2)C1. The van der Waals surface area contributed by atoms with Gasteiger partial charge in [-0.05, 0) is 38.5 Å². The summed E-state index contributed by atoms with van der Waals surface area (Å²) >= 11 is 6.02. The number of hydrogen-bond acceptors (Lipinski definition) is 2. The van der Waals surface area contributed by atoms with Gasteiger partial charge in [-0.2, -0.15) is 0 Å². The summed E-state index contributed by atoms with van der Waals surface area (Å²) in [6, 6.07) is 7.56. The van der Waals surface area contributed by atoms with Crippen LogP contribution in [-0.2, 0) is 4.79 Å². The number of carbonyl (C=O) groups is 1. The van der Waals surface area contributed by atoms with Crippen LogP contribution in [0.2, 0.25) is 5.02 Å². The molecule has 0 bridgehead atoms. The van der Waals surface area contributed by atoms with Gasteiger partial charge < -0.3 is 5.11 Å². The lowest BCUT2D eigenvalue weighted by atomic mass is 9.89. The maximum atomic E-state index is 11.5. The monoisotopic (exact) mass is 281 g/mol. The summed E-state index contributed by atoms with van der Waals surface area (Å²) in [6.45, 7) is 7.71. The van der Waals surface area contributed by atoms with Gasteiger partial charge in [-0.1, -0.05) is 23.7 Å². The Morgan fingerprint density at radius 3 is 2.58 bits per heavy atom. The van der Waals surface area contributed by atoms with Crippen molar-refractivity contribution in [3.8, 4) is 0 Å². The number of nitrogens with zero attached hydrogens (tertiary/aromatic N) is 1. The fourth-order valence-electron chi connectivity index (χ4n) is 2.68. The average molecular weight is 282 g/mol. The molecule has 0 aliphatic carbocycles. The minimum absolute atomic E-state index is 0.00965. The lowest BCUT2D eigenvalue weighted by Crippen LogP contribution is -2.40. The van der Waals surface area contributed by atoms with Crippen molar-refractivity contribution in [2.24, 2.45) is 5.92 Å². The van der Waals surface area contributed by atoms with E-state index in [9.17, 15) is 9.90 Å². The van der Waals surface area contributed by atoms with Crippen LogP contribution in [0.1, 0.15) is 32.3 Å². The van der Waals surface area contributed by atoms with Crippen molar-refractivity contribution in [2.75, 3.05) is 13.1 Å². The molecule has 19 heavy (non-hydrogen) atoms. The number of benzene rings is 1. The Bertz CT molecular complexity index is 481. The Kier molecular flexibility index (Phi) is 3.88. The molecule has 0 aromatic heterocycles. The number of carboxylic acid groups (broad SMARTS) is 1. The average Bonchev–Trinajstić information content (AvgIpc) is 2.73. The van der Waals surface area contributed by atoms with Gasteiger partial charge in [-0.25, -0.2) is 0 Å². The molecule has 1 aromatic rings. The number of carboxylic acids is 1. The molecular formula is C15H20ClNO2. The third-order valence-electron chi connectivity index (χ3n) is 3.86. The van der Waals surface area contributed by atoms with Crippen LogP contribution in [0.15, 0.2) is 24.3 Å². The van der Waals surface area contributed by atoms with Gasteiger partial charge in [-0.3, -0.25) is 9.69 Å². The normalized spacial score (nSPS) is 24.6. The first-order valence-corrected chi connectivity index (χ1v) is 6.90. The zero-order valence-corrected chi connectivity index (χ0v) is 12.3. The van der Waals surface area contributed by atoms with E-state index in [1.54, 1.807) is 0 Å². The van der Waals surface area contributed by atoms with Crippen molar-refractivity contribution in [3.05, 3.63) is 34.9 Å². The summed E-state index contributed by atoms with van der Waals surface area (Å²) < 4.78 is 0. The number of hydrogen-bond donors (Lipinski definition) is 1. The van der Waals surface area contributed by atoms with E-state index in [-0.39, 0.29) is 17.4 Å². The van der Waals surface area contributed by atoms with Crippen LogP contribution in [-0.4, -0.2) is 34.6 Å². The van der Waals surface area contributed by atoms with Crippen LogP contribution < -0.4 is 0 Å². The first kappa shape index (κ1) is 14.4. The summed E-state index contributed by atoms with van der Waals surface area (Å²) in [5, 5.41) is 10.1. The standard InChI is InChI=1S/C15H20ClNO2/c1-15(2,3)17-8-12(13(9-17)14(18)19)10-5-4-6-11(16)7-10/h4-7,12-13H,8-9H2,1-3H3,(H,18,19)/t12-,13+/m0/s1. The van der Waals surface area contributed by atoms with Gasteiger partial charge in [0.25, 0.3) is 0 Å². The molecule has 1 heterocycles. The summed E-state index contributed by atoms with van der Waals surface area (Å²) in [4.78, 5) is 13.7. The van der Waals surface area contributed by atoms with Gasteiger partial charge in [0, 0.05) is 29.6 Å². The second kappa shape index (κ2) is 5.14. The summed E-state index contributed by atoms with van der Waals surface area (Å²) in [5.74, 6) is -1.08. The number of aliphatic carboxylic acids is 1. The van der Waals surface area contributed by atoms with Crippen LogP contribution >= 0.6 is 11.6 Å². The highest BCUT2D eigenvalue weighted by Gasteiger charge is 2.41. The summed E-state index contributed by atoms with van der Waals surface area (Å²) in [7, 11) is 0. The first-order chi connectivity index (χ1) is 8.79. The molecule has 1 aromatic carbocycles. The molecule has 1 aliphatic rings. The molecule has 2 atom stereocenters. The van der Waals surface area contributed by atoms with E-state index in [1.807, 2.05) is 24.3 Å². The maximum absolute atomic E-state index is 11.5. The second-order valence-corrected chi connectivity index (χ2v) is 6.62. The molecule has 1 aliphatic heterocycles. The molecule has 1 saturated heterocycles. The Morgan fingerprint density at radius 2 is 2.05 bits per heavy atom. The van der Waals surface area contributed by atoms with Gasteiger partial charge in [0.1, 0.15) is 0 Å². The van der Waals surface area contributed by atoms with Crippen molar-refractivity contribution < 1.29 is 9.90 Å². The van der Waals surface area contributed by atoms with E-state index in [2.05, 4.69) is 25.7 Å². The van der Waals surface area contributed by atoms with Gasteiger partial charge in [0.05, 0.1) is 5.92 Å². The van der Waals surface area contributed by atoms with E-state index >= 15 is 0 Å². The van der Waals surface area contributed by atoms with E-state index in [0.29, 0.717) is 11.6 Å². The maximum Gasteiger partial charge on any atom is 0.308 e. The third kappa shape index (κ3) is 3.10. The topological polar surface area (TPSA) is 40.5 Å². The lowest BCUT2D eigenvalue weighted by molar-refractivity contribution is -0.141. The summed E-state index contributed by atoms with van der Waals surface area (Å²) in [6.07, 6.45) is 0. The Morgan fingerprint density at radius 1 is 1.37 bits per heavy atom. The molecule has 2 rings (SSSR count). The highest BCUT2D eigenvalue weighted by Crippen LogP contribution is 2.36. The van der Waals surface area contributed by atoms with Crippen molar-refractivity contribution in [3.63, 3.8) is 0 Å². The van der Waals surface area contributed by atoms with Crippen LogP contribution in [0.5, 0.6) is 0 Å². The first-order valence-electron chi connectivity index (χ1n) is 6.52. The van der Waals surface area contributed by atoms with Crippen LogP contribution in [0.25, 0.3) is 0 Å². The molecule has 4 heteroatoms. The van der Waals surface area contributed by atoms with E-state index in [0.717, 1.165) is 12.1 Å². The van der Waals surface area contributed by atoms with Gasteiger partial charge in [0.15, 0.2) is 0 Å². The van der Waals surface area contributed by atoms with Gasteiger partial charge in [0.2, 0.25) is 0 Å². The van der Waals surface area contributed by atoms with Crippen molar-refractivity contribution in [1.29, 1.82) is 0 Å². The summed E-state index contributed by atoms with van der Waals surface area (Å²) in [5.41, 5.74) is 1.01. The van der Waals surface area contributed by atoms with Crippen LogP contribution in [0.4, 0.5) is 0 Å². The smallest absolute Gasteiger partial charge is 0.308 e. The van der Waals surface area contributed by atoms with E-state index < -0.39 is 5.97 Å². The van der Waals surface area contributed by atoms with Crippen molar-refractivity contribution in [1.82, 2.24) is 4.90 Å².